The summed E-state index contributed by atoms with van der Waals surface area (Å²) < 4.78 is 16.8. The van der Waals surface area contributed by atoms with Gasteiger partial charge < -0.3 is 16.8 Å². The first-order valence-electron chi connectivity index (χ1n) is 9.46. The molecule has 5 N–H and O–H groups in total. The van der Waals surface area contributed by atoms with Crippen LogP contribution in [-0.2, 0) is 6.54 Å². The quantitative estimate of drug-likeness (QED) is 0.585. The molecule has 3 aromatic heterocycles. The van der Waals surface area contributed by atoms with E-state index in [2.05, 4.69) is 15.4 Å². The van der Waals surface area contributed by atoms with E-state index < -0.39 is 5.82 Å². The summed E-state index contributed by atoms with van der Waals surface area (Å²) >= 11 is 0. The van der Waals surface area contributed by atoms with Gasteiger partial charge >= 0.3 is 0 Å². The first kappa shape index (κ1) is 18.5. The van der Waals surface area contributed by atoms with Crippen LogP contribution in [0.4, 0.5) is 10.2 Å². The smallest absolute Gasteiger partial charge is 0.170 e. The van der Waals surface area contributed by atoms with E-state index in [0.29, 0.717) is 17.5 Å². The molecule has 3 aromatic rings. The second-order valence-electron chi connectivity index (χ2n) is 7.13. The molecule has 28 heavy (non-hydrogen) atoms. The minimum absolute atomic E-state index is 0.0672. The highest BCUT2D eigenvalue weighted by molar-refractivity contribution is 5.92. The summed E-state index contributed by atoms with van der Waals surface area (Å²) in [6, 6.07) is 5.46. The van der Waals surface area contributed by atoms with Gasteiger partial charge in [0.1, 0.15) is 0 Å². The summed E-state index contributed by atoms with van der Waals surface area (Å²) in [6.45, 7) is -0.111. The van der Waals surface area contributed by atoms with Crippen molar-refractivity contribution in [3.05, 3.63) is 47.5 Å². The summed E-state index contributed by atoms with van der Waals surface area (Å²) in [4.78, 5) is 16.3. The predicted octanol–water partition coefficient (Wildman–Crippen LogP) is 2.49. The van der Waals surface area contributed by atoms with Gasteiger partial charge in [-0.2, -0.15) is 5.10 Å². The lowest BCUT2D eigenvalue weighted by Crippen LogP contribution is -2.43. The fourth-order valence-corrected chi connectivity index (χ4v) is 3.88. The molecule has 3 heterocycles. The Morgan fingerprint density at radius 1 is 1.32 bits per heavy atom. The maximum absolute atomic E-state index is 15.1. The van der Waals surface area contributed by atoms with Crippen LogP contribution in [0.3, 0.4) is 0 Å². The summed E-state index contributed by atoms with van der Waals surface area (Å²) in [5.74, 6) is -0.513. The Morgan fingerprint density at radius 3 is 2.89 bits per heavy atom. The Kier molecular flexibility index (Phi) is 5.06. The van der Waals surface area contributed by atoms with Crippen LogP contribution >= 0.6 is 0 Å². The zero-order valence-corrected chi connectivity index (χ0v) is 15.4. The number of carbonyl (C=O) groups excluding carboxylic acids is 1. The van der Waals surface area contributed by atoms with Crippen molar-refractivity contribution in [1.82, 2.24) is 14.6 Å². The van der Waals surface area contributed by atoms with Crippen molar-refractivity contribution in [2.75, 3.05) is 5.32 Å². The number of nitrogens with one attached hydrogen (secondary N) is 1. The number of hydrogen-bond donors (Lipinski definition) is 3. The Hall–Kier alpha value is -2.84. The van der Waals surface area contributed by atoms with Gasteiger partial charge in [0.2, 0.25) is 0 Å². The van der Waals surface area contributed by atoms with Crippen LogP contribution in [0.2, 0.25) is 0 Å². The van der Waals surface area contributed by atoms with Crippen molar-refractivity contribution < 1.29 is 9.18 Å². The first-order valence-corrected chi connectivity index (χ1v) is 9.46. The van der Waals surface area contributed by atoms with Gasteiger partial charge in [-0.15, -0.1) is 0 Å². The average Bonchev–Trinajstić information content (AvgIpc) is 3.14. The number of nitrogens with zero attached hydrogens (tertiary/aromatic N) is 3. The van der Waals surface area contributed by atoms with Crippen LogP contribution < -0.4 is 16.8 Å². The zero-order valence-electron chi connectivity index (χ0n) is 15.4. The standard InChI is InChI=1S/C20H23FN6O/c21-18-12(9-22)14(11-28)19(13-10-24-27-8-4-3-7-17(13)27)26-20(18)25-16-6-2-1-5-15(16)23/h3-4,7-8,10-11,15-16H,1-2,5-6,9,22-23H2,(H,25,26)/t15-,16+/m0/s1. The number of fused-ring (bicyclic) bond motifs is 1. The molecule has 146 valence electrons. The molecule has 0 saturated heterocycles. The maximum atomic E-state index is 15.1. The third-order valence-corrected chi connectivity index (χ3v) is 5.42. The van der Waals surface area contributed by atoms with E-state index in [9.17, 15) is 4.79 Å². The van der Waals surface area contributed by atoms with Gasteiger partial charge in [-0.3, -0.25) is 4.79 Å². The molecule has 1 aliphatic rings. The van der Waals surface area contributed by atoms with E-state index in [1.807, 2.05) is 18.2 Å². The van der Waals surface area contributed by atoms with Gasteiger partial charge in [0.05, 0.1) is 17.4 Å². The number of halogens is 1. The van der Waals surface area contributed by atoms with Gasteiger partial charge in [0.25, 0.3) is 0 Å². The summed E-state index contributed by atoms with van der Waals surface area (Å²) in [5.41, 5.74) is 14.1. The number of rotatable bonds is 5. The van der Waals surface area contributed by atoms with E-state index in [-0.39, 0.29) is 35.6 Å². The molecule has 0 bridgehead atoms. The molecule has 0 radical (unpaired) electrons. The molecular formula is C20H23FN6O. The van der Waals surface area contributed by atoms with Crippen molar-refractivity contribution in [3.8, 4) is 11.3 Å². The average molecular weight is 382 g/mol. The normalized spacial score (nSPS) is 19.7. The maximum Gasteiger partial charge on any atom is 0.170 e. The van der Waals surface area contributed by atoms with E-state index >= 15 is 4.39 Å². The third kappa shape index (κ3) is 3.14. The summed E-state index contributed by atoms with van der Waals surface area (Å²) in [7, 11) is 0. The molecule has 1 saturated carbocycles. The molecule has 0 aliphatic heterocycles. The Balaban J connectivity index is 1.86. The second kappa shape index (κ2) is 7.65. The highest BCUT2D eigenvalue weighted by Gasteiger charge is 2.26. The highest BCUT2D eigenvalue weighted by atomic mass is 19.1. The molecule has 0 aromatic carbocycles. The van der Waals surface area contributed by atoms with Gasteiger partial charge in [-0.25, -0.2) is 13.9 Å². The number of hydrogen-bond acceptors (Lipinski definition) is 6. The lowest BCUT2D eigenvalue weighted by Gasteiger charge is -2.30. The van der Waals surface area contributed by atoms with E-state index in [0.717, 1.165) is 31.2 Å². The van der Waals surface area contributed by atoms with Gasteiger partial charge in [0.15, 0.2) is 17.9 Å². The largest absolute Gasteiger partial charge is 0.363 e. The molecule has 1 fully saturated rings. The number of nitrogens with two attached hydrogens (primary N) is 2. The Labute approximate surface area is 161 Å². The van der Waals surface area contributed by atoms with E-state index in [1.165, 1.54) is 0 Å². The van der Waals surface area contributed by atoms with Crippen LogP contribution in [0.25, 0.3) is 16.8 Å². The van der Waals surface area contributed by atoms with Crippen molar-refractivity contribution in [2.24, 2.45) is 11.5 Å². The van der Waals surface area contributed by atoms with Gasteiger partial charge in [-0.1, -0.05) is 18.9 Å². The van der Waals surface area contributed by atoms with Gasteiger partial charge in [-0.05, 0) is 25.0 Å². The lowest BCUT2D eigenvalue weighted by molar-refractivity contribution is 0.112. The molecule has 0 spiro atoms. The summed E-state index contributed by atoms with van der Waals surface area (Å²) in [5, 5.41) is 7.47. The third-order valence-electron chi connectivity index (χ3n) is 5.42. The number of anilines is 1. The second-order valence-corrected chi connectivity index (χ2v) is 7.13. The van der Waals surface area contributed by atoms with Crippen molar-refractivity contribution in [2.45, 2.75) is 44.3 Å². The van der Waals surface area contributed by atoms with Crippen LogP contribution in [0.5, 0.6) is 0 Å². The molecular weight excluding hydrogens is 359 g/mol. The SMILES string of the molecule is NCc1c(F)c(N[C@@H]2CCCC[C@@H]2N)nc(-c2cnn3ccccc23)c1C=O. The Morgan fingerprint density at radius 2 is 2.14 bits per heavy atom. The number of aromatic nitrogens is 3. The molecule has 0 unspecified atom stereocenters. The van der Waals surface area contributed by atoms with E-state index in [1.54, 1.807) is 16.9 Å². The molecule has 0 amide bonds. The summed E-state index contributed by atoms with van der Waals surface area (Å²) in [6.07, 6.45) is 7.87. The van der Waals surface area contributed by atoms with Crippen molar-refractivity contribution >= 4 is 17.6 Å². The lowest BCUT2D eigenvalue weighted by atomic mass is 9.91. The minimum atomic E-state index is -0.595. The first-order chi connectivity index (χ1) is 13.6. The topological polar surface area (TPSA) is 111 Å². The van der Waals surface area contributed by atoms with E-state index in [4.69, 9.17) is 11.5 Å². The monoisotopic (exact) mass is 382 g/mol. The number of carbonyl (C=O) groups is 1. The van der Waals surface area contributed by atoms with Crippen LogP contribution in [0, 0.1) is 5.82 Å². The number of pyridine rings is 2. The fraction of sp³-hybridized carbons (Fsp3) is 0.350. The number of aldehydes is 1. The fourth-order valence-electron chi connectivity index (χ4n) is 3.88. The minimum Gasteiger partial charge on any atom is -0.363 e. The molecule has 1 aliphatic carbocycles. The van der Waals surface area contributed by atoms with Crippen LogP contribution in [0.1, 0.15) is 41.6 Å². The molecule has 7 nitrogen and oxygen atoms in total. The van der Waals surface area contributed by atoms with Crippen molar-refractivity contribution in [3.63, 3.8) is 0 Å². The van der Waals surface area contributed by atoms with Crippen LogP contribution in [-0.4, -0.2) is 33.0 Å². The van der Waals surface area contributed by atoms with Crippen molar-refractivity contribution in [1.29, 1.82) is 0 Å². The Bertz CT molecular complexity index is 1020. The molecule has 8 heteroatoms. The molecule has 2 atom stereocenters. The zero-order chi connectivity index (χ0) is 19.7. The van der Waals surface area contributed by atoms with Gasteiger partial charge in [0, 0.05) is 41.5 Å². The predicted molar refractivity (Wildman–Crippen MR) is 106 cm³/mol. The molecule has 4 rings (SSSR count). The highest BCUT2D eigenvalue weighted by Crippen LogP contribution is 2.32. The van der Waals surface area contributed by atoms with Crippen LogP contribution in [0.15, 0.2) is 30.6 Å².